The van der Waals surface area contributed by atoms with Gasteiger partial charge in [-0.1, -0.05) is 12.1 Å². The Morgan fingerprint density at radius 2 is 1.68 bits per heavy atom. The standard InChI is InChI=1S/C21H21N5O2/c27-20(22-16-6-7-16)14-3-1-13(2-4-14)12-26(17-8-9-17)21(28)15-5-10-18-19(11-15)24-25-23-18/h1-5,10-11,16-17H,6-9,12H2,(H,22,27)(H,23,24,25). The van der Waals surface area contributed by atoms with Gasteiger partial charge >= 0.3 is 0 Å². The largest absolute Gasteiger partial charge is 0.349 e. The number of nitrogens with one attached hydrogen (secondary N) is 2. The Labute approximate surface area is 162 Å². The number of nitrogens with zero attached hydrogens (tertiary/aromatic N) is 3. The highest BCUT2D eigenvalue weighted by Gasteiger charge is 2.33. The minimum atomic E-state index is -0.0231. The summed E-state index contributed by atoms with van der Waals surface area (Å²) < 4.78 is 0. The van der Waals surface area contributed by atoms with Crippen LogP contribution in [0.25, 0.3) is 11.0 Å². The van der Waals surface area contributed by atoms with Crippen molar-refractivity contribution >= 4 is 22.8 Å². The third-order valence-corrected chi connectivity index (χ3v) is 5.29. The van der Waals surface area contributed by atoms with Crippen molar-refractivity contribution in [2.45, 2.75) is 44.3 Å². The van der Waals surface area contributed by atoms with Gasteiger partial charge in [-0.25, -0.2) is 0 Å². The molecule has 2 aliphatic carbocycles. The molecular weight excluding hydrogens is 354 g/mol. The fourth-order valence-electron chi connectivity index (χ4n) is 3.35. The first-order chi connectivity index (χ1) is 13.7. The van der Waals surface area contributed by atoms with Gasteiger partial charge in [0.15, 0.2) is 0 Å². The minimum Gasteiger partial charge on any atom is -0.349 e. The lowest BCUT2D eigenvalue weighted by Crippen LogP contribution is -2.32. The second-order valence-electron chi connectivity index (χ2n) is 7.64. The number of amides is 2. The first-order valence-corrected chi connectivity index (χ1v) is 9.69. The van der Waals surface area contributed by atoms with Crippen LogP contribution in [-0.2, 0) is 6.54 Å². The Morgan fingerprint density at radius 3 is 2.39 bits per heavy atom. The van der Waals surface area contributed by atoms with Gasteiger partial charge < -0.3 is 10.2 Å². The number of carbonyl (C=O) groups excluding carboxylic acids is 2. The fraction of sp³-hybridized carbons (Fsp3) is 0.333. The van der Waals surface area contributed by atoms with E-state index in [4.69, 9.17) is 0 Å². The monoisotopic (exact) mass is 375 g/mol. The van der Waals surface area contributed by atoms with Crippen molar-refractivity contribution in [1.82, 2.24) is 25.6 Å². The van der Waals surface area contributed by atoms with Gasteiger partial charge in [0.1, 0.15) is 11.0 Å². The van der Waals surface area contributed by atoms with Gasteiger partial charge in [0.25, 0.3) is 11.8 Å². The molecule has 2 aliphatic rings. The molecule has 142 valence electrons. The van der Waals surface area contributed by atoms with E-state index in [2.05, 4.69) is 20.7 Å². The predicted molar refractivity (Wildman–Crippen MR) is 104 cm³/mol. The number of aromatic nitrogens is 3. The number of hydrogen-bond acceptors (Lipinski definition) is 4. The van der Waals surface area contributed by atoms with Crippen LogP contribution in [0.5, 0.6) is 0 Å². The maximum atomic E-state index is 13.1. The summed E-state index contributed by atoms with van der Waals surface area (Å²) >= 11 is 0. The minimum absolute atomic E-state index is 0.00273. The fourth-order valence-corrected chi connectivity index (χ4v) is 3.35. The van der Waals surface area contributed by atoms with E-state index in [0.717, 1.165) is 36.8 Å². The molecule has 1 aromatic heterocycles. The molecule has 0 aliphatic heterocycles. The molecule has 0 spiro atoms. The lowest BCUT2D eigenvalue weighted by molar-refractivity contribution is 0.0729. The van der Waals surface area contributed by atoms with E-state index in [9.17, 15) is 9.59 Å². The molecular formula is C21H21N5O2. The van der Waals surface area contributed by atoms with Crippen molar-refractivity contribution < 1.29 is 9.59 Å². The molecule has 28 heavy (non-hydrogen) atoms. The molecule has 0 atom stereocenters. The molecule has 2 amide bonds. The summed E-state index contributed by atoms with van der Waals surface area (Å²) in [6.07, 6.45) is 4.20. The highest BCUT2D eigenvalue weighted by Crippen LogP contribution is 2.30. The zero-order chi connectivity index (χ0) is 19.1. The Morgan fingerprint density at radius 1 is 0.964 bits per heavy atom. The van der Waals surface area contributed by atoms with Crippen molar-refractivity contribution in [3.63, 3.8) is 0 Å². The summed E-state index contributed by atoms with van der Waals surface area (Å²) in [7, 11) is 0. The van der Waals surface area contributed by atoms with Crippen LogP contribution in [0.2, 0.25) is 0 Å². The maximum Gasteiger partial charge on any atom is 0.254 e. The molecule has 0 unspecified atom stereocenters. The van der Waals surface area contributed by atoms with Gasteiger partial charge in [-0.05, 0) is 61.6 Å². The van der Waals surface area contributed by atoms with Crippen molar-refractivity contribution in [3.05, 3.63) is 59.2 Å². The third kappa shape index (κ3) is 3.47. The van der Waals surface area contributed by atoms with Crippen LogP contribution in [0.15, 0.2) is 42.5 Å². The highest BCUT2D eigenvalue weighted by atomic mass is 16.2. The number of benzene rings is 2. The molecule has 2 N–H and O–H groups in total. The molecule has 2 saturated carbocycles. The van der Waals surface area contributed by atoms with E-state index in [0.29, 0.717) is 29.2 Å². The summed E-state index contributed by atoms with van der Waals surface area (Å²) in [5.74, 6) is -0.0203. The zero-order valence-corrected chi connectivity index (χ0v) is 15.4. The van der Waals surface area contributed by atoms with Crippen molar-refractivity contribution in [3.8, 4) is 0 Å². The van der Waals surface area contributed by atoms with Crippen LogP contribution in [0.3, 0.4) is 0 Å². The van der Waals surface area contributed by atoms with E-state index in [1.165, 1.54) is 0 Å². The number of hydrogen-bond donors (Lipinski definition) is 2. The number of fused-ring (bicyclic) bond motifs is 1. The topological polar surface area (TPSA) is 91.0 Å². The molecule has 3 aromatic rings. The Hall–Kier alpha value is -3.22. The van der Waals surface area contributed by atoms with E-state index in [1.807, 2.05) is 35.2 Å². The van der Waals surface area contributed by atoms with E-state index < -0.39 is 0 Å². The van der Waals surface area contributed by atoms with Gasteiger partial charge in [0.2, 0.25) is 0 Å². The summed E-state index contributed by atoms with van der Waals surface area (Å²) in [6.45, 7) is 0.533. The van der Waals surface area contributed by atoms with E-state index >= 15 is 0 Å². The quantitative estimate of drug-likeness (QED) is 0.693. The number of carbonyl (C=O) groups is 2. The Bertz CT molecular complexity index is 1030. The highest BCUT2D eigenvalue weighted by molar-refractivity contribution is 5.97. The van der Waals surface area contributed by atoms with Gasteiger partial charge in [-0.15, -0.1) is 0 Å². The number of rotatable bonds is 6. The predicted octanol–water partition coefficient (Wildman–Crippen LogP) is 2.65. The smallest absolute Gasteiger partial charge is 0.254 e. The van der Waals surface area contributed by atoms with Gasteiger partial charge in [0.05, 0.1) is 0 Å². The third-order valence-electron chi connectivity index (χ3n) is 5.29. The van der Waals surface area contributed by atoms with Crippen molar-refractivity contribution in [2.75, 3.05) is 0 Å². The average Bonchev–Trinajstić information content (AvgIpc) is 3.65. The Balaban J connectivity index is 1.32. The molecule has 0 radical (unpaired) electrons. The summed E-state index contributed by atoms with van der Waals surface area (Å²) in [4.78, 5) is 27.2. The average molecular weight is 375 g/mol. The van der Waals surface area contributed by atoms with Crippen LogP contribution < -0.4 is 5.32 Å². The number of H-pyrrole nitrogens is 1. The van der Waals surface area contributed by atoms with Crippen LogP contribution in [0.4, 0.5) is 0 Å². The van der Waals surface area contributed by atoms with Crippen LogP contribution in [0, 0.1) is 0 Å². The molecule has 1 heterocycles. The first-order valence-electron chi connectivity index (χ1n) is 9.69. The summed E-state index contributed by atoms with van der Waals surface area (Å²) in [5.41, 5.74) is 3.73. The van der Waals surface area contributed by atoms with Gasteiger partial charge in [-0.3, -0.25) is 9.59 Å². The van der Waals surface area contributed by atoms with E-state index in [-0.39, 0.29) is 17.9 Å². The molecule has 7 heteroatoms. The molecule has 5 rings (SSSR count). The molecule has 2 aromatic carbocycles. The molecule has 2 fully saturated rings. The summed E-state index contributed by atoms with van der Waals surface area (Å²) in [6, 6.07) is 13.6. The van der Waals surface area contributed by atoms with Crippen molar-refractivity contribution in [2.24, 2.45) is 0 Å². The van der Waals surface area contributed by atoms with Crippen LogP contribution in [-0.4, -0.2) is 44.2 Å². The lowest BCUT2D eigenvalue weighted by atomic mass is 10.1. The second-order valence-corrected chi connectivity index (χ2v) is 7.64. The lowest BCUT2D eigenvalue weighted by Gasteiger charge is -2.23. The molecule has 0 saturated heterocycles. The summed E-state index contributed by atoms with van der Waals surface area (Å²) in [5, 5.41) is 13.7. The van der Waals surface area contributed by atoms with Crippen LogP contribution >= 0.6 is 0 Å². The van der Waals surface area contributed by atoms with E-state index in [1.54, 1.807) is 12.1 Å². The molecule has 7 nitrogen and oxygen atoms in total. The number of aromatic amines is 1. The van der Waals surface area contributed by atoms with Gasteiger partial charge in [-0.2, -0.15) is 15.4 Å². The molecule has 0 bridgehead atoms. The maximum absolute atomic E-state index is 13.1. The first kappa shape index (κ1) is 16.9. The van der Waals surface area contributed by atoms with Crippen LogP contribution in [0.1, 0.15) is 52.0 Å². The second kappa shape index (κ2) is 6.74. The Kier molecular flexibility index (Phi) is 4.07. The van der Waals surface area contributed by atoms with Gasteiger partial charge in [0, 0.05) is 29.8 Å². The normalized spacial score (nSPS) is 16.1. The van der Waals surface area contributed by atoms with Crippen molar-refractivity contribution in [1.29, 1.82) is 0 Å². The zero-order valence-electron chi connectivity index (χ0n) is 15.4. The SMILES string of the molecule is O=C(NC1CC1)c1ccc(CN(C(=O)c2ccc3n[nH]nc3c2)C2CC2)cc1.